The number of ketones is 1. The third-order valence-corrected chi connectivity index (χ3v) is 9.97. The van der Waals surface area contributed by atoms with Crippen LogP contribution < -0.4 is 5.32 Å². The van der Waals surface area contributed by atoms with Crippen molar-refractivity contribution in [2.45, 2.75) is 44.7 Å². The normalized spacial score (nSPS) is 20.7. The predicted octanol–water partition coefficient (Wildman–Crippen LogP) is 6.64. The van der Waals surface area contributed by atoms with Crippen molar-refractivity contribution in [1.82, 2.24) is 30.2 Å². The molecule has 2 atom stereocenters. The van der Waals surface area contributed by atoms with Gasteiger partial charge in [-0.1, -0.05) is 19.1 Å². The molecule has 4 aromatic heterocycles. The summed E-state index contributed by atoms with van der Waals surface area (Å²) in [5, 5.41) is 3.59. The van der Waals surface area contributed by atoms with Crippen molar-refractivity contribution in [3.8, 4) is 21.6 Å². The van der Waals surface area contributed by atoms with Crippen LogP contribution in [0, 0.1) is 0 Å². The SMILES string of the molecule is CC(=O)c1ccc(-c2cncc3[nH]c(C4=C5NC5[C@@H](C)c5ccc(-c6cncc(CN7CCC(F)(F)C7)c6)cc54)nc23)s1. The van der Waals surface area contributed by atoms with Crippen molar-refractivity contribution < 1.29 is 13.6 Å². The van der Waals surface area contributed by atoms with E-state index in [1.165, 1.54) is 22.6 Å². The van der Waals surface area contributed by atoms with E-state index in [0.29, 0.717) is 23.9 Å². The number of aromatic nitrogens is 4. The Kier molecular flexibility index (Phi) is 5.89. The molecule has 0 bridgehead atoms. The van der Waals surface area contributed by atoms with Gasteiger partial charge in [0.05, 0.1) is 29.2 Å². The van der Waals surface area contributed by atoms with E-state index in [0.717, 1.165) is 55.1 Å². The van der Waals surface area contributed by atoms with Gasteiger partial charge in [-0.05, 0) is 53.4 Å². The number of carbonyl (C=O) groups excluding carboxylic acids is 1. The zero-order valence-corrected chi connectivity index (χ0v) is 24.4. The van der Waals surface area contributed by atoms with Crippen LogP contribution in [-0.4, -0.2) is 55.7 Å². The third kappa shape index (κ3) is 4.56. The number of imidazole rings is 1. The maximum absolute atomic E-state index is 13.8. The van der Waals surface area contributed by atoms with Crippen LogP contribution in [0.25, 0.3) is 38.2 Å². The third-order valence-electron chi connectivity index (χ3n) is 8.75. The number of pyridine rings is 2. The molecule has 5 aromatic rings. The minimum absolute atomic E-state index is 0.0407. The van der Waals surface area contributed by atoms with Crippen molar-refractivity contribution in [1.29, 1.82) is 0 Å². The molecule has 1 aromatic carbocycles. The number of likely N-dealkylation sites (tertiary alicyclic amines) is 1. The van der Waals surface area contributed by atoms with Crippen molar-refractivity contribution in [3.63, 3.8) is 0 Å². The molecule has 3 aliphatic rings. The average molecular weight is 595 g/mol. The first kappa shape index (κ1) is 26.4. The average Bonchev–Trinajstić information content (AvgIpc) is 3.29. The minimum atomic E-state index is -2.62. The van der Waals surface area contributed by atoms with Crippen LogP contribution in [0.15, 0.2) is 66.9 Å². The van der Waals surface area contributed by atoms with Crippen LogP contribution in [-0.2, 0) is 6.54 Å². The zero-order valence-electron chi connectivity index (χ0n) is 23.6. The molecular weight excluding hydrogens is 566 g/mol. The molecule has 1 unspecified atom stereocenters. The summed E-state index contributed by atoms with van der Waals surface area (Å²) >= 11 is 1.45. The molecular formula is C33H28F2N6OS. The van der Waals surface area contributed by atoms with Gasteiger partial charge in [0.15, 0.2) is 5.78 Å². The molecule has 7 nitrogen and oxygen atoms in total. The number of Topliss-reactive ketones (excluding diaryl/α,β-unsaturated/α-hetero) is 1. The standard InChI is InChI=1S/C33H28F2N6OS/c1-17-22-4-3-20(21-9-19(11-36-12-21)15-41-8-7-33(34,35)16-41)10-23(22)28(31-29(17)39-31)32-38-25-14-37-13-24(30(25)40-32)27-6-5-26(43-27)18(2)42/h3-6,9-14,17,29,39H,7-8,15-16H2,1-2H3,(H,38,40)/t17-,29?/m0/s1. The Morgan fingerprint density at radius 1 is 1.07 bits per heavy atom. The first-order valence-electron chi connectivity index (χ1n) is 14.4. The highest BCUT2D eigenvalue weighted by Gasteiger charge is 2.44. The van der Waals surface area contributed by atoms with E-state index < -0.39 is 5.92 Å². The number of fused-ring (bicyclic) bond motifs is 3. The fourth-order valence-electron chi connectivity index (χ4n) is 6.49. The molecule has 0 radical (unpaired) electrons. The van der Waals surface area contributed by atoms with Crippen LogP contribution in [0.4, 0.5) is 8.78 Å². The Morgan fingerprint density at radius 3 is 2.72 bits per heavy atom. The van der Waals surface area contributed by atoms with Gasteiger partial charge in [0, 0.05) is 71.3 Å². The number of halogens is 2. The lowest BCUT2D eigenvalue weighted by Gasteiger charge is -2.21. The number of rotatable bonds is 6. The lowest BCUT2D eigenvalue weighted by atomic mass is 9.82. The Bertz CT molecular complexity index is 1980. The number of nitrogens with one attached hydrogen (secondary N) is 2. The van der Waals surface area contributed by atoms with Crippen LogP contribution in [0.2, 0.25) is 0 Å². The quantitative estimate of drug-likeness (QED) is 0.169. The van der Waals surface area contributed by atoms with Crippen LogP contribution in [0.5, 0.6) is 0 Å². The van der Waals surface area contributed by atoms with Crippen LogP contribution in [0.1, 0.15) is 58.4 Å². The number of carbonyl (C=O) groups is 1. The highest BCUT2D eigenvalue weighted by atomic mass is 32.1. The Balaban J connectivity index is 1.17. The maximum atomic E-state index is 13.8. The smallest absolute Gasteiger partial charge is 0.261 e. The molecule has 43 heavy (non-hydrogen) atoms. The van der Waals surface area contributed by atoms with E-state index in [2.05, 4.69) is 51.5 Å². The summed E-state index contributed by atoms with van der Waals surface area (Å²) in [5.41, 5.74) is 9.97. The molecule has 2 N–H and O–H groups in total. The number of H-pyrrole nitrogens is 1. The zero-order chi connectivity index (χ0) is 29.5. The highest BCUT2D eigenvalue weighted by molar-refractivity contribution is 7.17. The molecule has 1 aliphatic carbocycles. The molecule has 8 rings (SSSR count). The lowest BCUT2D eigenvalue weighted by molar-refractivity contribution is 0.0115. The summed E-state index contributed by atoms with van der Waals surface area (Å²) < 4.78 is 27.5. The van der Waals surface area contributed by atoms with E-state index in [9.17, 15) is 13.6 Å². The highest BCUT2D eigenvalue weighted by Crippen LogP contribution is 2.48. The van der Waals surface area contributed by atoms with Crippen molar-refractivity contribution >= 4 is 33.7 Å². The lowest BCUT2D eigenvalue weighted by Crippen LogP contribution is -2.24. The van der Waals surface area contributed by atoms with Gasteiger partial charge in [0.2, 0.25) is 0 Å². The molecule has 0 spiro atoms. The van der Waals surface area contributed by atoms with Crippen molar-refractivity contribution in [2.24, 2.45) is 0 Å². The first-order valence-corrected chi connectivity index (χ1v) is 15.2. The second-order valence-electron chi connectivity index (χ2n) is 11.8. The molecule has 216 valence electrons. The summed E-state index contributed by atoms with van der Waals surface area (Å²) in [6, 6.07) is 12.6. The van der Waals surface area contributed by atoms with Gasteiger partial charge in [-0.3, -0.25) is 19.7 Å². The number of aromatic amines is 1. The van der Waals surface area contributed by atoms with Gasteiger partial charge in [-0.25, -0.2) is 13.8 Å². The number of alkyl halides is 2. The molecule has 2 fully saturated rings. The summed E-state index contributed by atoms with van der Waals surface area (Å²) in [7, 11) is 0. The fraction of sp³-hybridized carbons (Fsp3) is 0.273. The van der Waals surface area contributed by atoms with Crippen molar-refractivity contribution in [2.75, 3.05) is 13.1 Å². The fourth-order valence-corrected chi connectivity index (χ4v) is 7.41. The summed E-state index contributed by atoms with van der Waals surface area (Å²) in [5.74, 6) is -1.50. The van der Waals surface area contributed by atoms with Gasteiger partial charge in [0.25, 0.3) is 5.92 Å². The topological polar surface area (TPSA) is 96.7 Å². The molecule has 2 aliphatic heterocycles. The Morgan fingerprint density at radius 2 is 1.93 bits per heavy atom. The van der Waals surface area contributed by atoms with Crippen molar-refractivity contribution in [3.05, 3.63) is 94.3 Å². The number of hydrogen-bond acceptors (Lipinski definition) is 7. The minimum Gasteiger partial charge on any atom is -0.377 e. The second kappa shape index (κ2) is 9.62. The predicted molar refractivity (Wildman–Crippen MR) is 163 cm³/mol. The van der Waals surface area contributed by atoms with Gasteiger partial charge >= 0.3 is 0 Å². The number of thiophene rings is 1. The van der Waals surface area contributed by atoms with E-state index in [1.54, 1.807) is 30.4 Å². The summed E-state index contributed by atoms with van der Waals surface area (Å²) in [6.07, 6.45) is 7.09. The number of hydrogen-bond donors (Lipinski definition) is 2. The summed E-state index contributed by atoms with van der Waals surface area (Å²) in [4.78, 5) is 32.9. The molecule has 6 heterocycles. The Labute approximate surface area is 250 Å². The summed E-state index contributed by atoms with van der Waals surface area (Å²) in [6.45, 7) is 4.44. The molecule has 0 amide bonds. The van der Waals surface area contributed by atoms with E-state index in [4.69, 9.17) is 4.98 Å². The maximum Gasteiger partial charge on any atom is 0.261 e. The molecule has 10 heteroatoms. The van der Waals surface area contributed by atoms with Gasteiger partial charge in [-0.2, -0.15) is 0 Å². The Hall–Kier alpha value is -4.28. The van der Waals surface area contributed by atoms with Gasteiger partial charge < -0.3 is 10.3 Å². The number of benzene rings is 1. The molecule has 0 saturated carbocycles. The monoisotopic (exact) mass is 594 g/mol. The number of nitrogens with zero attached hydrogens (tertiary/aromatic N) is 4. The van der Waals surface area contributed by atoms with Crippen LogP contribution >= 0.6 is 11.3 Å². The largest absolute Gasteiger partial charge is 0.377 e. The van der Waals surface area contributed by atoms with Gasteiger partial charge in [0.1, 0.15) is 11.3 Å². The van der Waals surface area contributed by atoms with Gasteiger partial charge in [-0.15, -0.1) is 11.3 Å². The second-order valence-corrected chi connectivity index (χ2v) is 12.9. The first-order chi connectivity index (χ1) is 20.7. The van der Waals surface area contributed by atoms with E-state index >= 15 is 0 Å². The molecule has 2 saturated heterocycles. The van der Waals surface area contributed by atoms with E-state index in [-0.39, 0.29) is 24.8 Å². The van der Waals surface area contributed by atoms with Crippen LogP contribution in [0.3, 0.4) is 0 Å². The van der Waals surface area contributed by atoms with E-state index in [1.807, 2.05) is 18.3 Å².